The molecular weight excluding hydrogens is 392 g/mol. The zero-order valence-corrected chi connectivity index (χ0v) is 16.7. The van der Waals surface area contributed by atoms with E-state index in [2.05, 4.69) is 49.0 Å². The normalized spacial score (nSPS) is 15.1. The van der Waals surface area contributed by atoms with Crippen molar-refractivity contribution in [1.29, 1.82) is 0 Å². The molecular formula is C20H25BrN4O. The number of hydrogen-bond acceptors (Lipinski definition) is 4. The van der Waals surface area contributed by atoms with Crippen molar-refractivity contribution in [2.24, 2.45) is 0 Å². The van der Waals surface area contributed by atoms with Crippen molar-refractivity contribution >= 4 is 27.7 Å². The average Bonchev–Trinajstić information content (AvgIpc) is 2.67. The summed E-state index contributed by atoms with van der Waals surface area (Å²) < 4.78 is 0.991. The van der Waals surface area contributed by atoms with Gasteiger partial charge in [0.15, 0.2) is 0 Å². The Balaban J connectivity index is 1.53. The molecule has 5 nitrogen and oxygen atoms in total. The van der Waals surface area contributed by atoms with Crippen LogP contribution in [-0.2, 0) is 17.8 Å². The first-order valence-corrected chi connectivity index (χ1v) is 9.86. The Bertz CT molecular complexity index is 744. The number of piperazine rings is 1. The van der Waals surface area contributed by atoms with E-state index in [0.29, 0.717) is 13.0 Å². The molecule has 26 heavy (non-hydrogen) atoms. The molecule has 0 saturated carbocycles. The number of nitrogens with zero attached hydrogens (tertiary/aromatic N) is 3. The Morgan fingerprint density at radius 3 is 2.69 bits per heavy atom. The van der Waals surface area contributed by atoms with Crippen LogP contribution in [0.4, 0.5) is 5.82 Å². The summed E-state index contributed by atoms with van der Waals surface area (Å²) in [7, 11) is 0. The van der Waals surface area contributed by atoms with Crippen LogP contribution < -0.4 is 10.2 Å². The molecule has 3 rings (SSSR count). The van der Waals surface area contributed by atoms with E-state index in [1.807, 2.05) is 36.5 Å². The summed E-state index contributed by atoms with van der Waals surface area (Å²) >= 11 is 3.44. The number of nitrogens with one attached hydrogen (secondary N) is 1. The molecule has 138 valence electrons. The molecule has 2 aromatic rings. The van der Waals surface area contributed by atoms with E-state index in [0.717, 1.165) is 54.1 Å². The lowest BCUT2D eigenvalue weighted by Crippen LogP contribution is -2.46. The maximum Gasteiger partial charge on any atom is 0.224 e. The summed E-state index contributed by atoms with van der Waals surface area (Å²) in [4.78, 5) is 21.5. The highest BCUT2D eigenvalue weighted by Gasteiger charge is 2.16. The third kappa shape index (κ3) is 5.29. The van der Waals surface area contributed by atoms with Crippen LogP contribution in [0.25, 0.3) is 0 Å². The molecule has 0 radical (unpaired) electrons. The summed E-state index contributed by atoms with van der Waals surface area (Å²) in [6.45, 7) is 7.98. The third-order valence-corrected chi connectivity index (χ3v) is 5.19. The Labute approximate surface area is 163 Å². The highest BCUT2D eigenvalue weighted by molar-refractivity contribution is 9.10. The van der Waals surface area contributed by atoms with Gasteiger partial charge in [-0.2, -0.15) is 0 Å². The molecule has 6 heteroatoms. The van der Waals surface area contributed by atoms with E-state index in [1.54, 1.807) is 0 Å². The zero-order chi connectivity index (χ0) is 18.4. The molecule has 0 atom stereocenters. The molecule has 1 aromatic heterocycles. The summed E-state index contributed by atoms with van der Waals surface area (Å²) in [5, 5.41) is 3.00. The van der Waals surface area contributed by atoms with Gasteiger partial charge in [-0.05, 0) is 41.9 Å². The van der Waals surface area contributed by atoms with E-state index in [1.165, 1.54) is 0 Å². The highest BCUT2D eigenvalue weighted by Crippen LogP contribution is 2.15. The van der Waals surface area contributed by atoms with Crippen molar-refractivity contribution in [3.63, 3.8) is 0 Å². The number of anilines is 1. The first kappa shape index (κ1) is 18.9. The molecule has 1 fully saturated rings. The van der Waals surface area contributed by atoms with Gasteiger partial charge in [-0.1, -0.05) is 35.0 Å². The minimum absolute atomic E-state index is 0.0259. The number of carbonyl (C=O) groups excluding carboxylic acids is 1. The fraction of sp³-hybridized carbons (Fsp3) is 0.400. The zero-order valence-electron chi connectivity index (χ0n) is 15.1. The Morgan fingerprint density at radius 1 is 1.15 bits per heavy atom. The predicted octanol–water partition coefficient (Wildman–Crippen LogP) is 2.84. The maximum atomic E-state index is 12.2. The lowest BCUT2D eigenvalue weighted by atomic mass is 10.1. The van der Waals surface area contributed by atoms with E-state index < -0.39 is 0 Å². The largest absolute Gasteiger partial charge is 0.354 e. The van der Waals surface area contributed by atoms with Crippen LogP contribution in [0.1, 0.15) is 18.1 Å². The van der Waals surface area contributed by atoms with Gasteiger partial charge < -0.3 is 15.1 Å². The SMILES string of the molecule is CCN1CCN(c2cc(CNC(=O)Cc3cccc(Br)c3)ccn2)CC1. The molecule has 1 saturated heterocycles. The van der Waals surface area contributed by atoms with Crippen molar-refractivity contribution in [1.82, 2.24) is 15.2 Å². The van der Waals surface area contributed by atoms with Gasteiger partial charge in [0.1, 0.15) is 5.82 Å². The number of halogens is 1. The molecule has 0 aliphatic carbocycles. The van der Waals surface area contributed by atoms with Crippen molar-refractivity contribution in [3.8, 4) is 0 Å². The minimum Gasteiger partial charge on any atom is -0.354 e. The van der Waals surface area contributed by atoms with E-state index in [9.17, 15) is 4.79 Å². The van der Waals surface area contributed by atoms with Gasteiger partial charge in [-0.3, -0.25) is 4.79 Å². The van der Waals surface area contributed by atoms with Gasteiger partial charge >= 0.3 is 0 Å². The monoisotopic (exact) mass is 416 g/mol. The lowest BCUT2D eigenvalue weighted by molar-refractivity contribution is -0.120. The van der Waals surface area contributed by atoms with Gasteiger partial charge in [0.25, 0.3) is 0 Å². The molecule has 0 unspecified atom stereocenters. The summed E-state index contributed by atoms with van der Waals surface area (Å²) in [6.07, 6.45) is 2.22. The fourth-order valence-electron chi connectivity index (χ4n) is 3.13. The number of amides is 1. The summed E-state index contributed by atoms with van der Waals surface area (Å²) in [5.41, 5.74) is 2.08. The van der Waals surface area contributed by atoms with E-state index in [-0.39, 0.29) is 5.91 Å². The van der Waals surface area contributed by atoms with Crippen LogP contribution in [0.15, 0.2) is 47.1 Å². The van der Waals surface area contributed by atoms with E-state index >= 15 is 0 Å². The number of benzene rings is 1. The summed E-state index contributed by atoms with van der Waals surface area (Å²) in [5.74, 6) is 1.03. The quantitative estimate of drug-likeness (QED) is 0.786. The molecule has 2 heterocycles. The van der Waals surface area contributed by atoms with Crippen molar-refractivity contribution in [3.05, 3.63) is 58.2 Å². The summed E-state index contributed by atoms with van der Waals surface area (Å²) in [6, 6.07) is 11.9. The second kappa shape index (κ2) is 9.14. The van der Waals surface area contributed by atoms with Gasteiger partial charge in [0.05, 0.1) is 6.42 Å². The smallest absolute Gasteiger partial charge is 0.224 e. The van der Waals surface area contributed by atoms with Crippen LogP contribution in [0, 0.1) is 0 Å². The first-order chi connectivity index (χ1) is 12.6. The number of hydrogen-bond donors (Lipinski definition) is 1. The minimum atomic E-state index is 0.0259. The molecule has 1 N–H and O–H groups in total. The Morgan fingerprint density at radius 2 is 1.96 bits per heavy atom. The van der Waals surface area contributed by atoms with Crippen molar-refractivity contribution in [2.75, 3.05) is 37.6 Å². The third-order valence-electron chi connectivity index (χ3n) is 4.70. The maximum absolute atomic E-state index is 12.2. The Kier molecular flexibility index (Phi) is 6.63. The predicted molar refractivity (Wildman–Crippen MR) is 108 cm³/mol. The van der Waals surface area contributed by atoms with Gasteiger partial charge in [0, 0.05) is 43.4 Å². The highest BCUT2D eigenvalue weighted by atomic mass is 79.9. The molecule has 1 aromatic carbocycles. The lowest BCUT2D eigenvalue weighted by Gasteiger charge is -2.34. The van der Waals surface area contributed by atoms with Crippen molar-refractivity contribution in [2.45, 2.75) is 19.9 Å². The second-order valence-corrected chi connectivity index (χ2v) is 7.44. The average molecular weight is 417 g/mol. The van der Waals surface area contributed by atoms with Crippen LogP contribution in [0.3, 0.4) is 0 Å². The van der Waals surface area contributed by atoms with Gasteiger partial charge in [-0.15, -0.1) is 0 Å². The number of pyridine rings is 1. The topological polar surface area (TPSA) is 48.5 Å². The Hall–Kier alpha value is -1.92. The second-order valence-electron chi connectivity index (χ2n) is 6.53. The first-order valence-electron chi connectivity index (χ1n) is 9.07. The molecule has 1 aliphatic rings. The number of likely N-dealkylation sites (N-methyl/N-ethyl adjacent to an activating group) is 1. The molecule has 0 spiro atoms. The molecule has 1 aliphatic heterocycles. The fourth-order valence-corrected chi connectivity index (χ4v) is 3.58. The van der Waals surface area contributed by atoms with Crippen LogP contribution in [0.2, 0.25) is 0 Å². The molecule has 1 amide bonds. The molecule has 0 bridgehead atoms. The number of rotatable bonds is 6. The standard InChI is InChI=1S/C20H25BrN4O/c1-2-24-8-10-25(11-9-24)19-13-17(6-7-22-19)15-23-20(26)14-16-4-3-5-18(21)12-16/h3-7,12-13H,2,8-11,14-15H2,1H3,(H,23,26). The number of carbonyl (C=O) groups is 1. The van der Waals surface area contributed by atoms with Crippen LogP contribution >= 0.6 is 15.9 Å². The van der Waals surface area contributed by atoms with Gasteiger partial charge in [-0.25, -0.2) is 4.98 Å². The van der Waals surface area contributed by atoms with Gasteiger partial charge in [0.2, 0.25) is 5.91 Å². The van der Waals surface area contributed by atoms with Crippen molar-refractivity contribution < 1.29 is 4.79 Å². The van der Waals surface area contributed by atoms with Crippen LogP contribution in [0.5, 0.6) is 0 Å². The van der Waals surface area contributed by atoms with E-state index in [4.69, 9.17) is 0 Å². The van der Waals surface area contributed by atoms with Crippen LogP contribution in [-0.4, -0.2) is 48.5 Å². The number of aromatic nitrogens is 1.